The Bertz CT molecular complexity index is 1190. The average Bonchev–Trinajstić information content (AvgIpc) is 2.71. The molecule has 3 rings (SSSR count). The molecule has 0 radical (unpaired) electrons. The second-order valence-electron chi connectivity index (χ2n) is 6.16. The summed E-state index contributed by atoms with van der Waals surface area (Å²) in [6.45, 7) is -0.897. The van der Waals surface area contributed by atoms with Gasteiger partial charge in [-0.05, 0) is 48.4 Å². The van der Waals surface area contributed by atoms with Gasteiger partial charge in [0.1, 0.15) is 5.69 Å². The third kappa shape index (κ3) is 4.29. The first kappa shape index (κ1) is 21.0. The van der Waals surface area contributed by atoms with Gasteiger partial charge < -0.3 is 23.9 Å². The van der Waals surface area contributed by atoms with Gasteiger partial charge in [-0.2, -0.15) is 8.78 Å². The number of benzene rings is 2. The minimum absolute atomic E-state index is 0.0600. The summed E-state index contributed by atoms with van der Waals surface area (Å²) < 4.78 is 36.1. The van der Waals surface area contributed by atoms with Gasteiger partial charge in [0.15, 0.2) is 11.5 Å². The first-order valence-corrected chi connectivity index (χ1v) is 8.91. The van der Waals surface area contributed by atoms with Crippen molar-refractivity contribution in [1.29, 1.82) is 0 Å². The number of aromatic carboxylic acids is 1. The summed E-state index contributed by atoms with van der Waals surface area (Å²) in [5, 5.41) is 11.1. The van der Waals surface area contributed by atoms with Crippen LogP contribution in [0.1, 0.15) is 28.5 Å². The first-order valence-electron chi connectivity index (χ1n) is 8.91. The summed E-state index contributed by atoms with van der Waals surface area (Å²) in [5.74, 6) is -1.36. The summed E-state index contributed by atoms with van der Waals surface area (Å²) >= 11 is 0. The third-order valence-corrected chi connectivity index (χ3v) is 4.36. The fourth-order valence-electron chi connectivity index (χ4n) is 2.98. The van der Waals surface area contributed by atoms with E-state index in [1.165, 1.54) is 54.2 Å². The number of halogens is 2. The van der Waals surface area contributed by atoms with Gasteiger partial charge in [0.25, 0.3) is 5.56 Å². The number of aromatic nitrogens is 2. The summed E-state index contributed by atoms with van der Waals surface area (Å²) in [7, 11) is 1.33. The number of carboxylic acids is 1. The van der Waals surface area contributed by atoms with Gasteiger partial charge in [-0.1, -0.05) is 18.2 Å². The predicted octanol–water partition coefficient (Wildman–Crippen LogP) is 2.56. The Hall–Kier alpha value is -3.75. The molecule has 0 bridgehead atoms. The molecule has 7 nitrogen and oxygen atoms in total. The molecule has 3 aromatic rings. The SMILES string of the molecule is CCn1c(=O)c(/C=C/c2ccc(OC)c(OC(F)F)c2)nc2cc(C(=O)[O-])ccc21. The molecule has 0 atom stereocenters. The van der Waals surface area contributed by atoms with Crippen LogP contribution in [0, 0.1) is 0 Å². The van der Waals surface area contributed by atoms with Crippen LogP contribution >= 0.6 is 0 Å². The van der Waals surface area contributed by atoms with Crippen molar-refractivity contribution in [1.82, 2.24) is 9.55 Å². The van der Waals surface area contributed by atoms with Gasteiger partial charge in [0.05, 0.1) is 24.1 Å². The standard InChI is InChI=1S/C21H18F2N2O5/c1-3-25-16-8-6-13(20(27)28)11-15(16)24-14(19(25)26)7-4-12-5-9-17(29-2)18(10-12)30-21(22)23/h4-11,21H,3H2,1-2H3,(H,27,28)/p-1/b7-4+. The van der Waals surface area contributed by atoms with Crippen molar-refractivity contribution in [2.75, 3.05) is 7.11 Å². The molecule has 0 aliphatic heterocycles. The Morgan fingerprint density at radius 1 is 1.20 bits per heavy atom. The smallest absolute Gasteiger partial charge is 0.387 e. The van der Waals surface area contributed by atoms with E-state index >= 15 is 0 Å². The van der Waals surface area contributed by atoms with Crippen LogP contribution in [0.25, 0.3) is 23.2 Å². The highest BCUT2D eigenvalue weighted by Gasteiger charge is 2.12. The highest BCUT2D eigenvalue weighted by atomic mass is 19.3. The maximum atomic E-state index is 12.7. The third-order valence-electron chi connectivity index (χ3n) is 4.36. The second-order valence-corrected chi connectivity index (χ2v) is 6.16. The van der Waals surface area contributed by atoms with E-state index in [2.05, 4.69) is 9.72 Å². The minimum Gasteiger partial charge on any atom is -0.545 e. The highest BCUT2D eigenvalue weighted by Crippen LogP contribution is 2.30. The fraction of sp³-hybridized carbons (Fsp3) is 0.190. The molecule has 0 unspecified atom stereocenters. The first-order chi connectivity index (χ1) is 14.3. The zero-order valence-corrected chi connectivity index (χ0v) is 16.1. The van der Waals surface area contributed by atoms with Crippen molar-refractivity contribution in [3.8, 4) is 11.5 Å². The van der Waals surface area contributed by atoms with Crippen molar-refractivity contribution in [2.24, 2.45) is 0 Å². The quantitative estimate of drug-likeness (QED) is 0.589. The molecule has 0 spiro atoms. The lowest BCUT2D eigenvalue weighted by Gasteiger charge is -2.11. The number of rotatable bonds is 7. The Kier molecular flexibility index (Phi) is 6.10. The van der Waals surface area contributed by atoms with Gasteiger partial charge >= 0.3 is 6.61 Å². The summed E-state index contributed by atoms with van der Waals surface area (Å²) in [6.07, 6.45) is 2.93. The second kappa shape index (κ2) is 8.73. The zero-order chi connectivity index (χ0) is 21.8. The van der Waals surface area contributed by atoms with E-state index in [0.29, 0.717) is 23.1 Å². The maximum Gasteiger partial charge on any atom is 0.387 e. The molecule has 0 N–H and O–H groups in total. The Balaban J connectivity index is 2.06. The normalized spacial score (nSPS) is 11.4. The van der Waals surface area contributed by atoms with Crippen molar-refractivity contribution in [2.45, 2.75) is 20.1 Å². The Morgan fingerprint density at radius 2 is 1.97 bits per heavy atom. The Morgan fingerprint density at radius 3 is 2.60 bits per heavy atom. The van der Waals surface area contributed by atoms with Crippen molar-refractivity contribution >= 4 is 29.2 Å². The molecule has 0 aliphatic rings. The monoisotopic (exact) mass is 415 g/mol. The van der Waals surface area contributed by atoms with E-state index in [4.69, 9.17) is 4.74 Å². The zero-order valence-electron chi connectivity index (χ0n) is 16.1. The number of methoxy groups -OCH3 is 1. The van der Waals surface area contributed by atoms with Gasteiger partial charge in [0, 0.05) is 6.54 Å². The number of alkyl halides is 2. The van der Waals surface area contributed by atoms with Crippen molar-refractivity contribution in [3.63, 3.8) is 0 Å². The Labute approximate surface area is 169 Å². The van der Waals surface area contributed by atoms with Crippen LogP contribution in [0.15, 0.2) is 41.2 Å². The fourth-order valence-corrected chi connectivity index (χ4v) is 2.98. The molecule has 0 fully saturated rings. The minimum atomic E-state index is -3.02. The predicted molar refractivity (Wildman–Crippen MR) is 105 cm³/mol. The summed E-state index contributed by atoms with van der Waals surface area (Å²) in [5.41, 5.74) is 0.900. The number of hydrogen-bond donors (Lipinski definition) is 0. The number of hydrogen-bond acceptors (Lipinski definition) is 6. The van der Waals surface area contributed by atoms with E-state index in [1.807, 2.05) is 0 Å². The van der Waals surface area contributed by atoms with Crippen LogP contribution in [0.5, 0.6) is 11.5 Å². The van der Waals surface area contributed by atoms with Crippen LogP contribution in [0.3, 0.4) is 0 Å². The number of aryl methyl sites for hydroxylation is 1. The van der Waals surface area contributed by atoms with E-state index in [1.54, 1.807) is 13.0 Å². The van der Waals surface area contributed by atoms with Gasteiger partial charge in [-0.25, -0.2) is 4.98 Å². The molecule has 0 amide bonds. The van der Waals surface area contributed by atoms with E-state index in [0.717, 1.165) is 0 Å². The van der Waals surface area contributed by atoms with E-state index < -0.39 is 12.6 Å². The lowest BCUT2D eigenvalue weighted by Crippen LogP contribution is -2.25. The maximum absolute atomic E-state index is 12.7. The van der Waals surface area contributed by atoms with Crippen LogP contribution in [-0.4, -0.2) is 29.2 Å². The van der Waals surface area contributed by atoms with E-state index in [-0.39, 0.29) is 28.3 Å². The lowest BCUT2D eigenvalue weighted by atomic mass is 10.1. The van der Waals surface area contributed by atoms with Crippen LogP contribution < -0.4 is 20.1 Å². The average molecular weight is 415 g/mol. The molecule has 0 saturated carbocycles. The molecule has 2 aromatic carbocycles. The van der Waals surface area contributed by atoms with Gasteiger partial charge in [0.2, 0.25) is 0 Å². The number of carbonyl (C=O) groups is 1. The summed E-state index contributed by atoms with van der Waals surface area (Å²) in [6, 6.07) is 8.58. The molecule has 156 valence electrons. The molecule has 1 heterocycles. The van der Waals surface area contributed by atoms with Crippen LogP contribution in [0.4, 0.5) is 8.78 Å². The number of carboxylic acid groups (broad SMARTS) is 1. The summed E-state index contributed by atoms with van der Waals surface area (Å²) in [4.78, 5) is 28.1. The van der Waals surface area contributed by atoms with Crippen LogP contribution in [0.2, 0.25) is 0 Å². The van der Waals surface area contributed by atoms with Gasteiger partial charge in [-0.3, -0.25) is 4.79 Å². The molecule has 1 aromatic heterocycles. The number of ether oxygens (including phenoxy) is 2. The number of carbonyl (C=O) groups excluding carboxylic acids is 1. The van der Waals surface area contributed by atoms with Crippen LogP contribution in [-0.2, 0) is 6.54 Å². The lowest BCUT2D eigenvalue weighted by molar-refractivity contribution is -0.255. The number of fused-ring (bicyclic) bond motifs is 1. The highest BCUT2D eigenvalue weighted by molar-refractivity contribution is 5.91. The number of nitrogens with zero attached hydrogens (tertiary/aromatic N) is 2. The molecule has 0 saturated heterocycles. The molecule has 9 heteroatoms. The molecule has 30 heavy (non-hydrogen) atoms. The topological polar surface area (TPSA) is 93.5 Å². The molecular weight excluding hydrogens is 398 g/mol. The van der Waals surface area contributed by atoms with Crippen molar-refractivity contribution in [3.05, 3.63) is 63.6 Å². The van der Waals surface area contributed by atoms with E-state index in [9.17, 15) is 23.5 Å². The van der Waals surface area contributed by atoms with Gasteiger partial charge in [-0.15, -0.1) is 0 Å². The van der Waals surface area contributed by atoms with Crippen molar-refractivity contribution < 1.29 is 28.2 Å². The molecule has 0 aliphatic carbocycles. The largest absolute Gasteiger partial charge is 0.545 e. The molecular formula is C21H17F2N2O5-.